The minimum atomic E-state index is -0.548. The van der Waals surface area contributed by atoms with Crippen LogP contribution in [0.15, 0.2) is 56.7 Å². The number of hydrogen-bond acceptors (Lipinski definition) is 7. The van der Waals surface area contributed by atoms with Crippen molar-refractivity contribution in [1.29, 1.82) is 0 Å². The van der Waals surface area contributed by atoms with Gasteiger partial charge in [-0.25, -0.2) is 9.79 Å². The molecule has 3 heterocycles. The number of anilines is 2. The monoisotopic (exact) mass is 477 g/mol. The Balaban J connectivity index is 1.54. The normalized spacial score (nSPS) is 22.2. The quantitative estimate of drug-likeness (QED) is 0.556. The predicted octanol–water partition coefficient (Wildman–Crippen LogP) is 5.27. The molecule has 2 aliphatic rings. The minimum absolute atomic E-state index is 0.0493. The van der Waals surface area contributed by atoms with Crippen LogP contribution in [0.4, 0.5) is 16.3 Å². The molecule has 0 aliphatic carbocycles. The summed E-state index contributed by atoms with van der Waals surface area (Å²) < 4.78 is 5.32. The second-order valence-electron chi connectivity index (χ2n) is 11.5. The lowest BCUT2D eigenvalue weighted by Crippen LogP contribution is -2.46. The molecule has 0 fully saturated rings. The molecule has 2 amide bonds. The van der Waals surface area contributed by atoms with E-state index in [0.29, 0.717) is 23.1 Å². The highest BCUT2D eigenvalue weighted by molar-refractivity contribution is 6.14. The molecule has 0 saturated carbocycles. The van der Waals surface area contributed by atoms with Gasteiger partial charge in [0.05, 0.1) is 5.41 Å². The molecule has 1 aromatic heterocycles. The maximum atomic E-state index is 12.5. The van der Waals surface area contributed by atoms with E-state index in [4.69, 9.17) is 15.2 Å². The summed E-state index contributed by atoms with van der Waals surface area (Å²) in [4.78, 5) is 17.4. The summed E-state index contributed by atoms with van der Waals surface area (Å²) in [5.74, 6) is 2.40. The smallest absolute Gasteiger partial charge is 0.324 e. The molecular formula is C26H35N7O2. The lowest BCUT2D eigenvalue weighted by atomic mass is 9.68. The first kappa shape index (κ1) is 24.5. The number of aromatic nitrogens is 1. The van der Waals surface area contributed by atoms with Gasteiger partial charge in [-0.2, -0.15) is 5.10 Å². The van der Waals surface area contributed by atoms with Crippen molar-refractivity contribution in [2.75, 3.05) is 17.7 Å². The average molecular weight is 478 g/mol. The molecule has 4 N–H and O–H groups in total. The highest BCUT2D eigenvalue weighted by Gasteiger charge is 2.51. The van der Waals surface area contributed by atoms with Crippen LogP contribution in [-0.4, -0.2) is 34.9 Å². The maximum Gasteiger partial charge on any atom is 0.324 e. The van der Waals surface area contributed by atoms with Gasteiger partial charge in [0.1, 0.15) is 17.4 Å². The standard InChI is InChI=1S/C26H35N7O2/c1-24(2,3)18-13-17(26(7)21(27)31-33(8)22(26)29-18)15-9-11-16(12-10-15)28-23(34)30-20-14-19(35-32-20)25(4,5)6/h9-14,17H,1-8H3,(H2,27,31)(H2,28,30,32,34). The van der Waals surface area contributed by atoms with Crippen molar-refractivity contribution < 1.29 is 9.32 Å². The fraction of sp³-hybridized carbons (Fsp3) is 0.462. The minimum Gasteiger partial charge on any atom is -0.385 e. The summed E-state index contributed by atoms with van der Waals surface area (Å²) in [6.07, 6.45) is 2.19. The predicted molar refractivity (Wildman–Crippen MR) is 139 cm³/mol. The number of carbonyl (C=O) groups excluding carboxylic acids is 1. The molecule has 2 aliphatic heterocycles. The Hall–Kier alpha value is -3.62. The van der Waals surface area contributed by atoms with Crippen molar-refractivity contribution in [2.45, 2.75) is 59.8 Å². The van der Waals surface area contributed by atoms with Crippen molar-refractivity contribution in [3.05, 3.63) is 53.4 Å². The molecular weight excluding hydrogens is 442 g/mol. The number of urea groups is 1. The van der Waals surface area contributed by atoms with Crippen molar-refractivity contribution in [2.24, 2.45) is 26.7 Å². The van der Waals surface area contributed by atoms with Gasteiger partial charge in [0.2, 0.25) is 0 Å². The highest BCUT2D eigenvalue weighted by atomic mass is 16.5. The van der Waals surface area contributed by atoms with Gasteiger partial charge in [-0.05, 0) is 24.6 Å². The van der Waals surface area contributed by atoms with Crippen LogP contribution in [0.5, 0.6) is 0 Å². The summed E-state index contributed by atoms with van der Waals surface area (Å²) >= 11 is 0. The van der Waals surface area contributed by atoms with Crippen molar-refractivity contribution >= 4 is 29.2 Å². The number of nitrogens with two attached hydrogens (primary N) is 1. The van der Waals surface area contributed by atoms with Gasteiger partial charge in [-0.3, -0.25) is 10.3 Å². The fourth-order valence-electron chi connectivity index (χ4n) is 4.31. The first-order valence-electron chi connectivity index (χ1n) is 11.7. The Morgan fingerprint density at radius 3 is 2.31 bits per heavy atom. The van der Waals surface area contributed by atoms with E-state index < -0.39 is 11.4 Å². The molecule has 9 nitrogen and oxygen atoms in total. The third-order valence-corrected chi connectivity index (χ3v) is 6.52. The molecule has 0 radical (unpaired) electrons. The van der Waals surface area contributed by atoms with E-state index in [1.165, 1.54) is 0 Å². The van der Waals surface area contributed by atoms with Crippen molar-refractivity contribution in [3.8, 4) is 0 Å². The first-order valence-corrected chi connectivity index (χ1v) is 11.7. The Kier molecular flexibility index (Phi) is 5.78. The Morgan fingerprint density at radius 1 is 1.09 bits per heavy atom. The van der Waals surface area contributed by atoms with Gasteiger partial charge in [0.25, 0.3) is 0 Å². The molecule has 35 heavy (non-hydrogen) atoms. The van der Waals surface area contributed by atoms with E-state index in [2.05, 4.69) is 54.7 Å². The second-order valence-corrected chi connectivity index (χ2v) is 11.5. The van der Waals surface area contributed by atoms with E-state index in [0.717, 1.165) is 17.1 Å². The molecule has 2 unspecified atom stereocenters. The van der Waals surface area contributed by atoms with Gasteiger partial charge in [-0.15, -0.1) is 0 Å². The molecule has 186 valence electrons. The summed E-state index contributed by atoms with van der Waals surface area (Å²) in [6, 6.07) is 9.10. The maximum absolute atomic E-state index is 12.5. The van der Waals surface area contributed by atoms with Crippen LogP contribution in [0.1, 0.15) is 65.7 Å². The lowest BCUT2D eigenvalue weighted by molar-refractivity contribution is 0.262. The molecule has 2 aromatic rings. The molecule has 9 heteroatoms. The fourth-order valence-corrected chi connectivity index (χ4v) is 4.31. The van der Waals surface area contributed by atoms with Gasteiger partial charge >= 0.3 is 6.03 Å². The number of fused-ring (bicyclic) bond motifs is 1. The van der Waals surface area contributed by atoms with Crippen LogP contribution in [0.25, 0.3) is 0 Å². The lowest BCUT2D eigenvalue weighted by Gasteiger charge is -2.38. The summed E-state index contributed by atoms with van der Waals surface area (Å²) in [7, 11) is 1.88. The molecule has 4 rings (SSSR count). The summed E-state index contributed by atoms with van der Waals surface area (Å²) in [6.45, 7) is 14.6. The topological polar surface area (TPSA) is 121 Å². The van der Waals surface area contributed by atoms with Crippen molar-refractivity contribution in [1.82, 2.24) is 10.2 Å². The highest BCUT2D eigenvalue weighted by Crippen LogP contribution is 2.48. The number of hydrogen-bond donors (Lipinski definition) is 3. The molecule has 1 aromatic carbocycles. The van der Waals surface area contributed by atoms with Crippen LogP contribution in [-0.2, 0) is 5.41 Å². The van der Waals surface area contributed by atoms with Crippen LogP contribution in [0.3, 0.4) is 0 Å². The van der Waals surface area contributed by atoms with E-state index in [1.54, 1.807) is 11.1 Å². The number of aliphatic imine (C=N–C) groups is 1. The van der Waals surface area contributed by atoms with Crippen LogP contribution in [0.2, 0.25) is 0 Å². The van der Waals surface area contributed by atoms with Crippen LogP contribution >= 0.6 is 0 Å². The molecule has 0 spiro atoms. The van der Waals surface area contributed by atoms with Crippen molar-refractivity contribution in [3.63, 3.8) is 0 Å². The van der Waals surface area contributed by atoms with E-state index in [1.807, 2.05) is 52.1 Å². The third kappa shape index (κ3) is 4.54. The molecule has 0 bridgehead atoms. The van der Waals surface area contributed by atoms with Gasteiger partial charge in [-0.1, -0.05) is 64.9 Å². The zero-order valence-electron chi connectivity index (χ0n) is 21.7. The Bertz CT molecular complexity index is 1230. The zero-order chi connectivity index (χ0) is 25.8. The Labute approximate surface area is 206 Å². The number of amidine groups is 2. The third-order valence-electron chi connectivity index (χ3n) is 6.52. The number of carbonyl (C=O) groups is 1. The zero-order valence-corrected chi connectivity index (χ0v) is 21.7. The number of benzene rings is 1. The number of rotatable bonds is 3. The Morgan fingerprint density at radius 2 is 1.74 bits per heavy atom. The second kappa shape index (κ2) is 8.25. The number of amides is 2. The summed E-state index contributed by atoms with van der Waals surface area (Å²) in [5.41, 5.74) is 8.26. The average Bonchev–Trinajstić information content (AvgIpc) is 3.30. The number of nitrogens with one attached hydrogen (secondary N) is 2. The van der Waals surface area contributed by atoms with Crippen LogP contribution < -0.4 is 16.4 Å². The van der Waals surface area contributed by atoms with E-state index in [9.17, 15) is 4.79 Å². The van der Waals surface area contributed by atoms with Crippen LogP contribution in [0, 0.1) is 10.8 Å². The number of allylic oxidation sites excluding steroid dienone is 2. The number of hydrazone groups is 1. The SMILES string of the molecule is CN1N=C(N)C2(C)C1=NC(C(C)(C)C)=CC2c1ccc(NC(=O)Nc2cc(C(C)(C)C)on2)cc1. The van der Waals surface area contributed by atoms with E-state index >= 15 is 0 Å². The first-order chi connectivity index (χ1) is 16.2. The van der Waals surface area contributed by atoms with Gasteiger partial charge < -0.3 is 15.6 Å². The molecule has 0 saturated heterocycles. The van der Waals surface area contributed by atoms with Gasteiger partial charge in [0, 0.05) is 41.2 Å². The van der Waals surface area contributed by atoms with Gasteiger partial charge in [0.15, 0.2) is 5.82 Å². The molecule has 2 atom stereocenters. The summed E-state index contributed by atoms with van der Waals surface area (Å²) in [5, 5.41) is 15.8. The number of nitrogens with zero attached hydrogens (tertiary/aromatic N) is 4. The largest absolute Gasteiger partial charge is 0.385 e. The van der Waals surface area contributed by atoms with E-state index in [-0.39, 0.29) is 16.7 Å².